The molecule has 0 saturated carbocycles. The number of benzene rings is 3. The van der Waals surface area contributed by atoms with E-state index in [1.165, 1.54) is 0 Å². The van der Waals surface area contributed by atoms with Crippen LogP contribution in [0, 0.1) is 0 Å². The van der Waals surface area contributed by atoms with Crippen molar-refractivity contribution in [1.82, 2.24) is 5.32 Å². The fraction of sp³-hybridized carbons (Fsp3) is 0.231. The van der Waals surface area contributed by atoms with Gasteiger partial charge in [-0.3, -0.25) is 0 Å². The average molecular weight is 510 g/mol. The summed E-state index contributed by atoms with van der Waals surface area (Å²) in [4.78, 5) is 24.1. The number of methoxy groups -OCH3 is 1. The van der Waals surface area contributed by atoms with Crippen LogP contribution >= 0.6 is 0 Å². The third-order valence-electron chi connectivity index (χ3n) is 5.65. The molecule has 6 nitrogen and oxygen atoms in total. The number of hydrogen-bond acceptors (Lipinski definition) is 4. The number of fused-ring (bicyclic) bond motifs is 3. The standard InChI is InChI=1S/C26H25NO5Se/c1-31-18-12-10-17(11-13-18)15-33-16-24(25(28)29)27-26(30)32-14-23-21-8-4-2-6-19(21)20-7-3-5-9-22(20)23/h2-13,23-24H,14-16H2,1H3,(H,27,30)(H,28,29)/t24-/m0/s1. The summed E-state index contributed by atoms with van der Waals surface area (Å²) in [6.07, 6.45) is -0.704. The van der Waals surface area contributed by atoms with E-state index in [9.17, 15) is 14.7 Å². The van der Waals surface area contributed by atoms with Crippen molar-refractivity contribution < 1.29 is 24.2 Å². The third kappa shape index (κ3) is 5.38. The number of carbonyl (C=O) groups is 2. The van der Waals surface area contributed by atoms with E-state index in [4.69, 9.17) is 9.47 Å². The molecular formula is C26H25NO5Se. The van der Waals surface area contributed by atoms with Gasteiger partial charge in [0.25, 0.3) is 0 Å². The zero-order valence-corrected chi connectivity index (χ0v) is 19.9. The van der Waals surface area contributed by atoms with Gasteiger partial charge in [-0.1, -0.05) is 0 Å². The van der Waals surface area contributed by atoms with Gasteiger partial charge in [-0.2, -0.15) is 0 Å². The van der Waals surface area contributed by atoms with Crippen LogP contribution in [0.3, 0.4) is 0 Å². The molecule has 0 saturated heterocycles. The summed E-state index contributed by atoms with van der Waals surface area (Å²) in [5.41, 5.74) is 5.63. The Morgan fingerprint density at radius 3 is 2.15 bits per heavy atom. The van der Waals surface area contributed by atoms with E-state index in [2.05, 4.69) is 17.4 Å². The summed E-state index contributed by atoms with van der Waals surface area (Å²) < 4.78 is 10.6. The van der Waals surface area contributed by atoms with Crippen LogP contribution in [0.15, 0.2) is 72.8 Å². The molecule has 1 atom stereocenters. The number of hydrogen-bond donors (Lipinski definition) is 2. The molecule has 0 spiro atoms. The van der Waals surface area contributed by atoms with Crippen LogP contribution in [0.25, 0.3) is 11.1 Å². The first kappa shape index (κ1) is 22.9. The number of nitrogens with one attached hydrogen (secondary N) is 1. The predicted molar refractivity (Wildman–Crippen MR) is 127 cm³/mol. The zero-order valence-electron chi connectivity index (χ0n) is 18.2. The van der Waals surface area contributed by atoms with E-state index >= 15 is 0 Å². The molecule has 0 fully saturated rings. The van der Waals surface area contributed by atoms with Crippen LogP contribution < -0.4 is 10.1 Å². The fourth-order valence-electron chi connectivity index (χ4n) is 3.97. The quantitative estimate of drug-likeness (QED) is 0.419. The molecule has 170 valence electrons. The summed E-state index contributed by atoms with van der Waals surface area (Å²) in [6.45, 7) is 0.156. The van der Waals surface area contributed by atoms with Gasteiger partial charge in [0, 0.05) is 0 Å². The summed E-state index contributed by atoms with van der Waals surface area (Å²) >= 11 is 0.00819. The summed E-state index contributed by atoms with van der Waals surface area (Å²) in [5.74, 6) is -0.336. The van der Waals surface area contributed by atoms with Crippen LogP contribution in [-0.4, -0.2) is 51.9 Å². The molecule has 0 bridgehead atoms. The van der Waals surface area contributed by atoms with Crippen LogP contribution in [0.2, 0.25) is 5.32 Å². The molecule has 1 aliphatic rings. The SMILES string of the molecule is COc1ccc(C[Se]C[C@H](NC(=O)OCC2c3ccccc3-c3ccccc32)C(=O)O)cc1. The van der Waals surface area contributed by atoms with Crippen LogP contribution in [-0.2, 0) is 14.9 Å². The molecule has 2 N–H and O–H groups in total. The Hall–Kier alpha value is -3.28. The minimum atomic E-state index is -1.06. The van der Waals surface area contributed by atoms with Gasteiger partial charge in [0.15, 0.2) is 0 Å². The second kappa shape index (κ2) is 10.6. The van der Waals surface area contributed by atoms with E-state index in [0.717, 1.165) is 38.9 Å². The van der Waals surface area contributed by atoms with Gasteiger partial charge in [-0.05, 0) is 0 Å². The number of rotatable bonds is 9. The summed E-state index contributed by atoms with van der Waals surface area (Å²) in [7, 11) is 1.62. The molecule has 3 aromatic carbocycles. The number of alkyl carbamates (subject to hydrolysis) is 1. The molecule has 33 heavy (non-hydrogen) atoms. The Labute approximate surface area is 199 Å². The third-order valence-corrected chi connectivity index (χ3v) is 7.97. The number of carboxylic acids is 1. The van der Waals surface area contributed by atoms with Gasteiger partial charge in [-0.25, -0.2) is 0 Å². The minimum absolute atomic E-state index is 0.00819. The number of amides is 1. The fourth-order valence-corrected chi connectivity index (χ4v) is 6.09. The van der Waals surface area contributed by atoms with E-state index in [0.29, 0.717) is 5.32 Å². The Kier molecular flexibility index (Phi) is 7.33. The van der Waals surface area contributed by atoms with Gasteiger partial charge in [-0.15, -0.1) is 0 Å². The molecule has 1 aliphatic carbocycles. The number of aliphatic carboxylic acids is 1. The van der Waals surface area contributed by atoms with E-state index in [1.54, 1.807) is 7.11 Å². The summed E-state index contributed by atoms with van der Waals surface area (Å²) in [6, 6.07) is 22.9. The van der Waals surface area contributed by atoms with Gasteiger partial charge in [0.1, 0.15) is 0 Å². The van der Waals surface area contributed by atoms with E-state index in [1.807, 2.05) is 60.7 Å². The average Bonchev–Trinajstić information content (AvgIpc) is 3.16. The Morgan fingerprint density at radius 2 is 1.58 bits per heavy atom. The zero-order chi connectivity index (χ0) is 23.2. The number of carboxylic acid groups (broad SMARTS) is 1. The normalized spacial score (nSPS) is 13.0. The molecule has 0 heterocycles. The Balaban J connectivity index is 1.32. The van der Waals surface area contributed by atoms with Gasteiger partial charge in [0.05, 0.1) is 0 Å². The predicted octanol–water partition coefficient (Wildman–Crippen LogP) is 4.31. The molecule has 3 aromatic rings. The first-order chi connectivity index (χ1) is 16.1. The Morgan fingerprint density at radius 1 is 0.970 bits per heavy atom. The van der Waals surface area contributed by atoms with E-state index < -0.39 is 18.1 Å². The van der Waals surface area contributed by atoms with Crippen molar-refractivity contribution >= 4 is 27.0 Å². The number of carbonyl (C=O) groups excluding carboxylic acids is 1. The van der Waals surface area contributed by atoms with Crippen molar-refractivity contribution in [1.29, 1.82) is 0 Å². The molecule has 0 aromatic heterocycles. The maximum absolute atomic E-state index is 12.4. The van der Waals surface area contributed by atoms with Crippen molar-refractivity contribution in [3.05, 3.63) is 89.5 Å². The molecule has 0 unspecified atom stereocenters. The molecular weight excluding hydrogens is 485 g/mol. The molecule has 4 rings (SSSR count). The van der Waals surface area contributed by atoms with Crippen molar-refractivity contribution in [3.63, 3.8) is 0 Å². The van der Waals surface area contributed by atoms with Gasteiger partial charge in [0.2, 0.25) is 0 Å². The molecule has 7 heteroatoms. The van der Waals surface area contributed by atoms with Gasteiger partial charge < -0.3 is 0 Å². The van der Waals surface area contributed by atoms with Crippen molar-refractivity contribution in [2.45, 2.75) is 22.6 Å². The topological polar surface area (TPSA) is 84.9 Å². The van der Waals surface area contributed by atoms with Crippen molar-refractivity contribution in [2.75, 3.05) is 13.7 Å². The van der Waals surface area contributed by atoms with E-state index in [-0.39, 0.29) is 27.5 Å². The molecule has 0 aliphatic heterocycles. The maximum atomic E-state index is 12.4. The van der Waals surface area contributed by atoms with Crippen LogP contribution in [0.1, 0.15) is 22.6 Å². The van der Waals surface area contributed by atoms with Crippen LogP contribution in [0.5, 0.6) is 5.75 Å². The van der Waals surface area contributed by atoms with Crippen molar-refractivity contribution in [2.24, 2.45) is 0 Å². The molecule has 0 radical (unpaired) electrons. The first-order valence-corrected chi connectivity index (χ1v) is 13.0. The van der Waals surface area contributed by atoms with Crippen molar-refractivity contribution in [3.8, 4) is 16.9 Å². The Bertz CT molecular complexity index is 1090. The summed E-state index contributed by atoms with van der Waals surface area (Å²) in [5, 5.41) is 13.2. The monoisotopic (exact) mass is 511 g/mol. The molecule has 1 amide bonds. The van der Waals surface area contributed by atoms with Crippen LogP contribution in [0.4, 0.5) is 4.79 Å². The first-order valence-electron chi connectivity index (χ1n) is 10.6. The van der Waals surface area contributed by atoms with Gasteiger partial charge >= 0.3 is 199 Å². The second-order valence-electron chi connectivity index (χ2n) is 7.72. The second-order valence-corrected chi connectivity index (χ2v) is 9.89. The number of ether oxygens (including phenoxy) is 2.